The van der Waals surface area contributed by atoms with E-state index in [-0.39, 0.29) is 18.0 Å². The first-order chi connectivity index (χ1) is 9.54. The minimum atomic E-state index is -0.226. The summed E-state index contributed by atoms with van der Waals surface area (Å²) in [6.45, 7) is 5.24. The van der Waals surface area contributed by atoms with E-state index in [2.05, 4.69) is 33.5 Å². The molecule has 0 aromatic heterocycles. The van der Waals surface area contributed by atoms with Gasteiger partial charge in [-0.15, -0.1) is 0 Å². The Balaban J connectivity index is 2.38. The van der Waals surface area contributed by atoms with Gasteiger partial charge in [-0.25, -0.2) is 0 Å². The smallest absolute Gasteiger partial charge is 0.236 e. The fraction of sp³-hybridized carbons (Fsp3) is 0.533. The van der Waals surface area contributed by atoms with Crippen molar-refractivity contribution in [3.05, 3.63) is 34.3 Å². The van der Waals surface area contributed by atoms with Crippen molar-refractivity contribution < 1.29 is 9.53 Å². The zero-order valence-corrected chi connectivity index (χ0v) is 13.9. The summed E-state index contributed by atoms with van der Waals surface area (Å²) in [4.78, 5) is 11.9. The van der Waals surface area contributed by atoms with Crippen LogP contribution in [0.1, 0.15) is 31.9 Å². The minimum Gasteiger partial charge on any atom is -0.385 e. The third-order valence-electron chi connectivity index (χ3n) is 3.09. The first-order valence-electron chi connectivity index (χ1n) is 6.82. The highest BCUT2D eigenvalue weighted by Crippen LogP contribution is 2.16. The number of amides is 1. The molecule has 0 bridgehead atoms. The molecule has 0 saturated carbocycles. The molecule has 0 saturated heterocycles. The molecule has 4 nitrogen and oxygen atoms in total. The highest BCUT2D eigenvalue weighted by Gasteiger charge is 2.15. The second-order valence-corrected chi connectivity index (χ2v) is 5.71. The lowest BCUT2D eigenvalue weighted by molar-refractivity contribution is -0.122. The van der Waals surface area contributed by atoms with Crippen molar-refractivity contribution in [1.82, 2.24) is 10.6 Å². The minimum absolute atomic E-state index is 0.0186. The van der Waals surface area contributed by atoms with E-state index in [0.29, 0.717) is 13.2 Å². The lowest BCUT2D eigenvalue weighted by Crippen LogP contribution is -2.43. The lowest BCUT2D eigenvalue weighted by Gasteiger charge is -2.20. The van der Waals surface area contributed by atoms with Crippen molar-refractivity contribution in [2.45, 2.75) is 32.4 Å². The van der Waals surface area contributed by atoms with Crippen LogP contribution in [0, 0.1) is 0 Å². The van der Waals surface area contributed by atoms with Crippen LogP contribution in [-0.4, -0.2) is 32.2 Å². The molecule has 0 spiro atoms. The van der Waals surface area contributed by atoms with Gasteiger partial charge in [-0.1, -0.05) is 28.1 Å². The fourth-order valence-corrected chi connectivity index (χ4v) is 2.14. The van der Waals surface area contributed by atoms with Crippen molar-refractivity contribution in [2.24, 2.45) is 0 Å². The number of nitrogens with one attached hydrogen (secondary N) is 2. The van der Waals surface area contributed by atoms with Gasteiger partial charge in [0, 0.05) is 30.8 Å². The van der Waals surface area contributed by atoms with Crippen molar-refractivity contribution in [1.29, 1.82) is 0 Å². The van der Waals surface area contributed by atoms with Gasteiger partial charge in [-0.2, -0.15) is 0 Å². The van der Waals surface area contributed by atoms with Crippen LogP contribution in [0.2, 0.25) is 0 Å². The number of hydrogen-bond donors (Lipinski definition) is 2. The first-order valence-corrected chi connectivity index (χ1v) is 7.62. The van der Waals surface area contributed by atoms with Gasteiger partial charge in [0.05, 0.1) is 6.04 Å². The Labute approximate surface area is 129 Å². The van der Waals surface area contributed by atoms with Crippen LogP contribution in [-0.2, 0) is 9.53 Å². The second-order valence-electron chi connectivity index (χ2n) is 4.80. The number of benzene rings is 1. The van der Waals surface area contributed by atoms with Crippen molar-refractivity contribution in [2.75, 3.05) is 20.3 Å². The number of carbonyl (C=O) groups is 1. The van der Waals surface area contributed by atoms with E-state index in [0.717, 1.165) is 16.5 Å². The standard InChI is InChI=1S/C15H23BrN2O2/c1-11(13-5-7-14(16)8-6-13)18-12(2)15(19)17-9-4-10-20-3/h5-8,11-12,18H,4,9-10H2,1-3H3,(H,17,19). The van der Waals surface area contributed by atoms with Gasteiger partial charge >= 0.3 is 0 Å². The Morgan fingerprint density at radius 1 is 1.30 bits per heavy atom. The fourth-order valence-electron chi connectivity index (χ4n) is 1.88. The van der Waals surface area contributed by atoms with Gasteiger partial charge in [0.1, 0.15) is 0 Å². The van der Waals surface area contributed by atoms with Crippen LogP contribution < -0.4 is 10.6 Å². The molecule has 1 amide bonds. The SMILES string of the molecule is COCCCNC(=O)C(C)NC(C)c1ccc(Br)cc1. The van der Waals surface area contributed by atoms with Gasteiger partial charge < -0.3 is 10.1 Å². The van der Waals surface area contributed by atoms with Gasteiger partial charge in [-0.05, 0) is 38.0 Å². The maximum absolute atomic E-state index is 11.9. The zero-order chi connectivity index (χ0) is 15.0. The Hall–Kier alpha value is -0.910. The quantitative estimate of drug-likeness (QED) is 0.714. The lowest BCUT2D eigenvalue weighted by atomic mass is 10.1. The van der Waals surface area contributed by atoms with E-state index in [1.54, 1.807) is 7.11 Å². The Bertz CT molecular complexity index is 409. The van der Waals surface area contributed by atoms with Crippen molar-refractivity contribution in [3.8, 4) is 0 Å². The third kappa shape index (κ3) is 6.03. The summed E-state index contributed by atoms with van der Waals surface area (Å²) in [7, 11) is 1.66. The molecular formula is C15H23BrN2O2. The molecule has 1 rings (SSSR count). The van der Waals surface area contributed by atoms with E-state index in [1.807, 2.05) is 31.2 Å². The summed E-state index contributed by atoms with van der Waals surface area (Å²) in [6.07, 6.45) is 0.831. The molecule has 1 aromatic carbocycles. The molecule has 20 heavy (non-hydrogen) atoms. The summed E-state index contributed by atoms with van der Waals surface area (Å²) < 4.78 is 6.00. The summed E-state index contributed by atoms with van der Waals surface area (Å²) in [5, 5.41) is 6.19. The Kier molecular flexibility index (Phi) is 7.80. The summed E-state index contributed by atoms with van der Waals surface area (Å²) >= 11 is 3.42. The normalized spacial score (nSPS) is 13.8. The maximum Gasteiger partial charge on any atom is 0.236 e. The molecule has 0 aliphatic carbocycles. The van der Waals surface area contributed by atoms with Crippen LogP contribution in [0.25, 0.3) is 0 Å². The van der Waals surface area contributed by atoms with Crippen LogP contribution in [0.3, 0.4) is 0 Å². The molecule has 0 fully saturated rings. The number of halogens is 1. The number of ether oxygens (including phenoxy) is 1. The molecule has 2 N–H and O–H groups in total. The van der Waals surface area contributed by atoms with Crippen LogP contribution in [0.5, 0.6) is 0 Å². The molecule has 2 atom stereocenters. The number of carbonyl (C=O) groups excluding carboxylic acids is 1. The van der Waals surface area contributed by atoms with E-state index < -0.39 is 0 Å². The van der Waals surface area contributed by atoms with Crippen LogP contribution >= 0.6 is 15.9 Å². The van der Waals surface area contributed by atoms with Crippen LogP contribution in [0.4, 0.5) is 0 Å². The third-order valence-corrected chi connectivity index (χ3v) is 3.62. The predicted molar refractivity (Wildman–Crippen MR) is 84.7 cm³/mol. The highest BCUT2D eigenvalue weighted by molar-refractivity contribution is 9.10. The Morgan fingerprint density at radius 3 is 2.55 bits per heavy atom. The average molecular weight is 343 g/mol. The molecule has 0 aliphatic heterocycles. The van der Waals surface area contributed by atoms with Gasteiger partial charge in [0.15, 0.2) is 0 Å². The van der Waals surface area contributed by atoms with Crippen LogP contribution in [0.15, 0.2) is 28.7 Å². The van der Waals surface area contributed by atoms with Gasteiger partial charge in [0.2, 0.25) is 5.91 Å². The van der Waals surface area contributed by atoms with Crippen molar-refractivity contribution in [3.63, 3.8) is 0 Å². The monoisotopic (exact) mass is 342 g/mol. The van der Waals surface area contributed by atoms with E-state index in [4.69, 9.17) is 4.74 Å². The average Bonchev–Trinajstić information content (AvgIpc) is 2.44. The molecule has 0 aliphatic rings. The molecule has 0 radical (unpaired) electrons. The molecular weight excluding hydrogens is 320 g/mol. The largest absolute Gasteiger partial charge is 0.385 e. The number of rotatable bonds is 8. The Morgan fingerprint density at radius 2 is 1.95 bits per heavy atom. The van der Waals surface area contributed by atoms with E-state index >= 15 is 0 Å². The second kappa shape index (κ2) is 9.10. The maximum atomic E-state index is 11.9. The molecule has 0 heterocycles. The van der Waals surface area contributed by atoms with Gasteiger partial charge in [-0.3, -0.25) is 10.1 Å². The summed E-state index contributed by atoms with van der Waals surface area (Å²) in [6, 6.07) is 8.00. The first kappa shape index (κ1) is 17.1. The summed E-state index contributed by atoms with van der Waals surface area (Å²) in [5.74, 6) is 0.0186. The molecule has 1 aromatic rings. The van der Waals surface area contributed by atoms with E-state index in [9.17, 15) is 4.79 Å². The van der Waals surface area contributed by atoms with E-state index in [1.165, 1.54) is 0 Å². The summed E-state index contributed by atoms with van der Waals surface area (Å²) in [5.41, 5.74) is 1.16. The highest BCUT2D eigenvalue weighted by atomic mass is 79.9. The topological polar surface area (TPSA) is 50.4 Å². The molecule has 2 unspecified atom stereocenters. The zero-order valence-electron chi connectivity index (χ0n) is 12.3. The number of methoxy groups -OCH3 is 1. The van der Waals surface area contributed by atoms with Crippen molar-refractivity contribution >= 4 is 21.8 Å². The molecule has 5 heteroatoms. The number of hydrogen-bond acceptors (Lipinski definition) is 3. The van der Waals surface area contributed by atoms with Gasteiger partial charge in [0.25, 0.3) is 0 Å². The molecule has 112 valence electrons. The predicted octanol–water partition coefficient (Wildman–Crippen LogP) is 2.64.